The summed E-state index contributed by atoms with van der Waals surface area (Å²) in [5.74, 6) is 0. The quantitative estimate of drug-likeness (QED) is 0.645. The minimum absolute atomic E-state index is 1.22. The Kier molecular flexibility index (Phi) is 3.01. The van der Waals surface area contributed by atoms with Crippen LogP contribution in [0.2, 0.25) is 0 Å². The fourth-order valence-corrected chi connectivity index (χ4v) is 2.90. The van der Waals surface area contributed by atoms with Gasteiger partial charge in [-0.25, -0.2) is 0 Å². The first-order chi connectivity index (χ1) is 9.58. The van der Waals surface area contributed by atoms with Gasteiger partial charge in [-0.15, -0.1) is 0 Å². The molecule has 0 atom stereocenters. The van der Waals surface area contributed by atoms with Gasteiger partial charge in [0.2, 0.25) is 0 Å². The maximum absolute atomic E-state index is 2.28. The molecule has 0 saturated carbocycles. The Hall–Kier alpha value is -2.22. The van der Waals surface area contributed by atoms with E-state index in [2.05, 4.69) is 85.4 Å². The van der Waals surface area contributed by atoms with E-state index in [4.69, 9.17) is 0 Å². The summed E-state index contributed by atoms with van der Waals surface area (Å²) >= 11 is 0. The van der Waals surface area contributed by atoms with Crippen LogP contribution in [0.1, 0.15) is 22.8 Å². The zero-order valence-electron chi connectivity index (χ0n) is 12.5. The topological polar surface area (TPSA) is 9.86 Å². The Morgan fingerprint density at radius 3 is 0.950 bits per heavy atom. The Bertz CT molecular complexity index is 638. The van der Waals surface area contributed by atoms with Crippen LogP contribution in [0.4, 0.5) is 0 Å². The van der Waals surface area contributed by atoms with E-state index in [9.17, 15) is 0 Å². The van der Waals surface area contributed by atoms with Gasteiger partial charge in [-0.05, 0) is 76.2 Å². The van der Waals surface area contributed by atoms with Crippen molar-refractivity contribution in [2.45, 2.75) is 27.7 Å². The summed E-state index contributed by atoms with van der Waals surface area (Å²) in [5.41, 5.74) is 7.51. The molecule has 3 rings (SSSR count). The van der Waals surface area contributed by atoms with E-state index in [1.54, 1.807) is 0 Å². The van der Waals surface area contributed by atoms with Crippen LogP contribution in [-0.4, -0.2) is 9.13 Å². The van der Waals surface area contributed by atoms with Crippen LogP contribution in [0.3, 0.4) is 0 Å². The van der Waals surface area contributed by atoms with E-state index in [0.29, 0.717) is 0 Å². The molecule has 2 heteroatoms. The molecule has 20 heavy (non-hydrogen) atoms. The molecule has 0 bridgehead atoms. The van der Waals surface area contributed by atoms with Crippen molar-refractivity contribution in [2.24, 2.45) is 0 Å². The predicted molar refractivity (Wildman–Crippen MR) is 84.0 cm³/mol. The monoisotopic (exact) mass is 264 g/mol. The zero-order chi connectivity index (χ0) is 14.3. The van der Waals surface area contributed by atoms with Gasteiger partial charge in [-0.2, -0.15) is 0 Å². The van der Waals surface area contributed by atoms with Gasteiger partial charge in [0.1, 0.15) is 0 Å². The molecule has 0 aliphatic heterocycles. The van der Waals surface area contributed by atoms with Crippen LogP contribution in [0.25, 0.3) is 11.4 Å². The van der Waals surface area contributed by atoms with Crippen molar-refractivity contribution < 1.29 is 0 Å². The summed E-state index contributed by atoms with van der Waals surface area (Å²) in [6.07, 6.45) is 0. The summed E-state index contributed by atoms with van der Waals surface area (Å²) in [5, 5.41) is 0. The Morgan fingerprint density at radius 1 is 0.450 bits per heavy atom. The molecule has 0 amide bonds. The molecule has 0 saturated heterocycles. The average Bonchev–Trinajstić information content (AvgIpc) is 2.94. The summed E-state index contributed by atoms with van der Waals surface area (Å²) in [6, 6.07) is 17.4. The van der Waals surface area contributed by atoms with Gasteiger partial charge in [0.25, 0.3) is 0 Å². The van der Waals surface area contributed by atoms with Crippen molar-refractivity contribution in [2.75, 3.05) is 0 Å². The van der Waals surface area contributed by atoms with Gasteiger partial charge >= 0.3 is 0 Å². The van der Waals surface area contributed by atoms with Crippen LogP contribution in [0, 0.1) is 27.7 Å². The van der Waals surface area contributed by atoms with Gasteiger partial charge in [-0.3, -0.25) is 0 Å². The van der Waals surface area contributed by atoms with Crippen LogP contribution in [-0.2, 0) is 0 Å². The Morgan fingerprint density at radius 2 is 0.700 bits per heavy atom. The molecule has 0 N–H and O–H groups in total. The zero-order valence-corrected chi connectivity index (χ0v) is 12.5. The average molecular weight is 264 g/mol. The van der Waals surface area contributed by atoms with Crippen LogP contribution in [0.15, 0.2) is 48.5 Å². The fourth-order valence-electron chi connectivity index (χ4n) is 2.90. The minimum atomic E-state index is 1.22. The number of benzene rings is 1. The lowest BCUT2D eigenvalue weighted by molar-refractivity contribution is 0.946. The third kappa shape index (κ3) is 1.97. The molecule has 2 nitrogen and oxygen atoms in total. The molecule has 3 aromatic rings. The normalized spacial score (nSPS) is 11.0. The number of rotatable bonds is 2. The second-order valence-corrected chi connectivity index (χ2v) is 5.42. The van der Waals surface area contributed by atoms with E-state index in [1.807, 2.05) is 0 Å². The third-order valence-electron chi connectivity index (χ3n) is 3.91. The molecule has 102 valence electrons. The lowest BCUT2D eigenvalue weighted by Crippen LogP contribution is -2.01. The number of hydrogen-bond donors (Lipinski definition) is 0. The highest BCUT2D eigenvalue weighted by molar-refractivity contribution is 5.46. The number of nitrogens with zero attached hydrogens (tertiary/aromatic N) is 2. The molecule has 0 aliphatic carbocycles. The fraction of sp³-hybridized carbons (Fsp3) is 0.222. The molecule has 2 heterocycles. The smallest absolute Gasteiger partial charge is 0.0456 e. The van der Waals surface area contributed by atoms with Crippen molar-refractivity contribution in [3.63, 3.8) is 0 Å². The molecular weight excluding hydrogens is 244 g/mol. The summed E-state index contributed by atoms with van der Waals surface area (Å²) in [6.45, 7) is 8.56. The molecule has 0 aliphatic rings. The minimum Gasteiger partial charge on any atom is -0.319 e. The van der Waals surface area contributed by atoms with Gasteiger partial charge in [0.05, 0.1) is 0 Å². The van der Waals surface area contributed by atoms with E-state index in [0.717, 1.165) is 0 Å². The molecule has 0 radical (unpaired) electrons. The molecule has 0 fully saturated rings. The van der Waals surface area contributed by atoms with E-state index in [1.165, 1.54) is 34.2 Å². The number of aryl methyl sites for hydroxylation is 4. The van der Waals surface area contributed by atoms with Crippen molar-refractivity contribution in [1.29, 1.82) is 0 Å². The Labute approximate surface area is 120 Å². The second kappa shape index (κ2) is 4.71. The first-order valence-corrected chi connectivity index (χ1v) is 6.98. The van der Waals surface area contributed by atoms with Crippen LogP contribution < -0.4 is 0 Å². The first-order valence-electron chi connectivity index (χ1n) is 6.98. The third-order valence-corrected chi connectivity index (χ3v) is 3.91. The van der Waals surface area contributed by atoms with E-state index >= 15 is 0 Å². The van der Waals surface area contributed by atoms with Gasteiger partial charge in [0.15, 0.2) is 0 Å². The van der Waals surface area contributed by atoms with E-state index < -0.39 is 0 Å². The van der Waals surface area contributed by atoms with Gasteiger partial charge in [-0.1, -0.05) is 0 Å². The highest BCUT2D eigenvalue weighted by Crippen LogP contribution is 2.20. The van der Waals surface area contributed by atoms with Crippen molar-refractivity contribution in [3.8, 4) is 11.4 Å². The summed E-state index contributed by atoms with van der Waals surface area (Å²) in [7, 11) is 0. The molecule has 1 aromatic carbocycles. The van der Waals surface area contributed by atoms with Crippen molar-refractivity contribution in [3.05, 3.63) is 71.3 Å². The number of hydrogen-bond acceptors (Lipinski definition) is 0. The largest absolute Gasteiger partial charge is 0.319 e. The highest BCUT2D eigenvalue weighted by atomic mass is 15.0. The molecule has 0 unspecified atom stereocenters. The SMILES string of the molecule is Cc1ccc(C)n1-c1ccc(-n2c(C)ccc2C)cc1. The van der Waals surface area contributed by atoms with Crippen molar-refractivity contribution >= 4 is 0 Å². The van der Waals surface area contributed by atoms with Gasteiger partial charge in [0, 0.05) is 34.2 Å². The standard InChI is InChI=1S/C18H20N2/c1-13-5-6-14(2)19(13)17-9-11-18(12-10-17)20-15(3)7-8-16(20)4/h5-12H,1-4H3. The van der Waals surface area contributed by atoms with E-state index in [-0.39, 0.29) is 0 Å². The lowest BCUT2D eigenvalue weighted by atomic mass is 10.2. The Balaban J connectivity index is 2.05. The number of aromatic nitrogens is 2. The molecular formula is C18H20N2. The van der Waals surface area contributed by atoms with Gasteiger partial charge < -0.3 is 9.13 Å². The predicted octanol–water partition coefficient (Wildman–Crippen LogP) is 4.50. The lowest BCUT2D eigenvalue weighted by Gasteiger charge is -2.13. The summed E-state index contributed by atoms with van der Waals surface area (Å²) < 4.78 is 4.55. The van der Waals surface area contributed by atoms with Crippen LogP contribution in [0.5, 0.6) is 0 Å². The molecule has 0 spiro atoms. The summed E-state index contributed by atoms with van der Waals surface area (Å²) in [4.78, 5) is 0. The maximum Gasteiger partial charge on any atom is 0.0456 e. The first kappa shape index (κ1) is 12.8. The maximum atomic E-state index is 2.28. The molecule has 2 aromatic heterocycles. The highest BCUT2D eigenvalue weighted by Gasteiger charge is 2.06. The van der Waals surface area contributed by atoms with Crippen LogP contribution >= 0.6 is 0 Å². The second-order valence-electron chi connectivity index (χ2n) is 5.42. The van der Waals surface area contributed by atoms with Crippen molar-refractivity contribution in [1.82, 2.24) is 9.13 Å².